The van der Waals surface area contributed by atoms with Crippen LogP contribution in [0.3, 0.4) is 0 Å². The molecule has 2 atom stereocenters. The quantitative estimate of drug-likeness (QED) is 0.0845. The third kappa shape index (κ3) is 8.80. The van der Waals surface area contributed by atoms with Gasteiger partial charge in [-0.05, 0) is 136 Å². The van der Waals surface area contributed by atoms with Crippen molar-refractivity contribution in [1.82, 2.24) is 0 Å². The smallest absolute Gasteiger partial charge is 0.0620 e. The summed E-state index contributed by atoms with van der Waals surface area (Å²) in [5.41, 5.74) is 14.9. The molecule has 0 aromatic heterocycles. The van der Waals surface area contributed by atoms with Gasteiger partial charge in [0.15, 0.2) is 0 Å². The molecule has 8 rings (SSSR count). The van der Waals surface area contributed by atoms with E-state index in [1.807, 2.05) is 0 Å². The SMILES string of the molecule is CCC(C)c1ccc(-c2ccc(N(c3ccccc3)c3c4ccc(C(C)C)cc4c(N(c4ccccc4)c4ccc(C(C)CC)cc4)c4ccc(CC(C)(C)C)cc34)cc2)cc1. The van der Waals surface area contributed by atoms with Crippen LogP contribution in [0.5, 0.6) is 0 Å². The molecule has 0 aliphatic carbocycles. The van der Waals surface area contributed by atoms with Gasteiger partial charge >= 0.3 is 0 Å². The Hall–Kier alpha value is -6.12. The second-order valence-electron chi connectivity index (χ2n) is 19.0. The van der Waals surface area contributed by atoms with E-state index in [1.165, 1.54) is 66.3 Å². The third-order valence-corrected chi connectivity index (χ3v) is 12.9. The van der Waals surface area contributed by atoms with E-state index in [-0.39, 0.29) is 5.41 Å². The lowest BCUT2D eigenvalue weighted by atomic mass is 9.86. The van der Waals surface area contributed by atoms with Gasteiger partial charge in [-0.25, -0.2) is 0 Å². The Balaban J connectivity index is 1.44. The summed E-state index contributed by atoms with van der Waals surface area (Å²) in [6.07, 6.45) is 3.22. The number of hydrogen-bond donors (Lipinski definition) is 0. The van der Waals surface area contributed by atoms with E-state index in [4.69, 9.17) is 0 Å². The van der Waals surface area contributed by atoms with E-state index in [0.29, 0.717) is 17.8 Å². The summed E-state index contributed by atoms with van der Waals surface area (Å²) < 4.78 is 0. The molecular formula is C60H64N2. The third-order valence-electron chi connectivity index (χ3n) is 12.9. The van der Waals surface area contributed by atoms with Crippen LogP contribution in [-0.4, -0.2) is 0 Å². The van der Waals surface area contributed by atoms with E-state index >= 15 is 0 Å². The summed E-state index contributed by atoms with van der Waals surface area (Å²) in [6, 6.07) is 64.1. The molecule has 0 saturated carbocycles. The molecule has 0 amide bonds. The van der Waals surface area contributed by atoms with Crippen molar-refractivity contribution >= 4 is 55.7 Å². The largest absolute Gasteiger partial charge is 0.309 e. The Bertz CT molecular complexity index is 2740. The van der Waals surface area contributed by atoms with Gasteiger partial charge in [-0.15, -0.1) is 0 Å². The van der Waals surface area contributed by atoms with Crippen LogP contribution in [0.15, 0.2) is 170 Å². The average molecular weight is 813 g/mol. The Morgan fingerprint density at radius 2 is 0.790 bits per heavy atom. The van der Waals surface area contributed by atoms with Gasteiger partial charge in [0.05, 0.1) is 11.4 Å². The highest BCUT2D eigenvalue weighted by molar-refractivity contribution is 6.23. The summed E-state index contributed by atoms with van der Waals surface area (Å²) in [4.78, 5) is 5.02. The zero-order valence-electron chi connectivity index (χ0n) is 38.4. The summed E-state index contributed by atoms with van der Waals surface area (Å²) in [7, 11) is 0. The number of rotatable bonds is 13. The summed E-state index contributed by atoms with van der Waals surface area (Å²) in [6.45, 7) is 20.8. The predicted molar refractivity (Wildman–Crippen MR) is 271 cm³/mol. The highest BCUT2D eigenvalue weighted by atomic mass is 15.2. The molecule has 2 heteroatoms. The van der Waals surface area contributed by atoms with Crippen LogP contribution >= 0.6 is 0 Å². The molecule has 2 unspecified atom stereocenters. The van der Waals surface area contributed by atoms with Crippen LogP contribution in [0.4, 0.5) is 34.1 Å². The minimum Gasteiger partial charge on any atom is -0.309 e. The Kier molecular flexibility index (Phi) is 12.4. The molecule has 0 radical (unpaired) electrons. The van der Waals surface area contributed by atoms with Gasteiger partial charge in [-0.2, -0.15) is 0 Å². The summed E-state index contributed by atoms with van der Waals surface area (Å²) in [5.74, 6) is 1.41. The maximum Gasteiger partial charge on any atom is 0.0620 e. The van der Waals surface area contributed by atoms with E-state index in [0.717, 1.165) is 42.0 Å². The Labute approximate surface area is 371 Å². The van der Waals surface area contributed by atoms with Gasteiger partial charge in [-0.3, -0.25) is 0 Å². The Morgan fingerprint density at radius 3 is 1.24 bits per heavy atom. The lowest BCUT2D eigenvalue weighted by Gasteiger charge is -2.33. The topological polar surface area (TPSA) is 6.48 Å². The molecular weight excluding hydrogens is 749 g/mol. The minimum atomic E-state index is 0.120. The van der Waals surface area contributed by atoms with Crippen LogP contribution in [0.1, 0.15) is 115 Å². The first-order valence-corrected chi connectivity index (χ1v) is 23.0. The van der Waals surface area contributed by atoms with E-state index in [9.17, 15) is 0 Å². The molecule has 8 aromatic carbocycles. The Morgan fingerprint density at radius 1 is 0.403 bits per heavy atom. The number of para-hydroxylation sites is 2. The monoisotopic (exact) mass is 813 g/mol. The van der Waals surface area contributed by atoms with Crippen molar-refractivity contribution in [2.45, 2.75) is 99.3 Å². The summed E-state index contributed by atoms with van der Waals surface area (Å²) >= 11 is 0. The fourth-order valence-electron chi connectivity index (χ4n) is 9.01. The van der Waals surface area contributed by atoms with Gasteiger partial charge in [0.1, 0.15) is 0 Å². The molecule has 62 heavy (non-hydrogen) atoms. The van der Waals surface area contributed by atoms with Crippen molar-refractivity contribution in [3.63, 3.8) is 0 Å². The maximum atomic E-state index is 2.51. The van der Waals surface area contributed by atoms with Crippen LogP contribution < -0.4 is 9.80 Å². The van der Waals surface area contributed by atoms with Crippen molar-refractivity contribution in [1.29, 1.82) is 0 Å². The molecule has 0 heterocycles. The van der Waals surface area contributed by atoms with Crippen LogP contribution in [0.25, 0.3) is 32.7 Å². The minimum absolute atomic E-state index is 0.120. The molecule has 0 spiro atoms. The number of benzene rings is 8. The lowest BCUT2D eigenvalue weighted by Crippen LogP contribution is -2.15. The first kappa shape index (κ1) is 42.6. The molecule has 0 saturated heterocycles. The van der Waals surface area contributed by atoms with E-state index in [2.05, 4.69) is 242 Å². The van der Waals surface area contributed by atoms with Crippen molar-refractivity contribution < 1.29 is 0 Å². The molecule has 0 fully saturated rings. The second kappa shape index (κ2) is 18.1. The fraction of sp³-hybridized carbons (Fsp3) is 0.267. The molecule has 8 aromatic rings. The van der Waals surface area contributed by atoms with Gasteiger partial charge in [0, 0.05) is 44.3 Å². The van der Waals surface area contributed by atoms with Gasteiger partial charge in [-0.1, -0.05) is 172 Å². The normalized spacial score (nSPS) is 12.8. The van der Waals surface area contributed by atoms with Crippen molar-refractivity contribution in [2.24, 2.45) is 5.41 Å². The molecule has 0 bridgehead atoms. The predicted octanol–water partition coefficient (Wildman–Crippen LogP) is 18.3. The van der Waals surface area contributed by atoms with E-state index in [1.54, 1.807) is 0 Å². The highest BCUT2D eigenvalue weighted by Gasteiger charge is 2.27. The maximum absolute atomic E-state index is 2.51. The highest BCUT2D eigenvalue weighted by Crippen LogP contribution is 2.52. The van der Waals surface area contributed by atoms with Gasteiger partial charge in [0.25, 0.3) is 0 Å². The van der Waals surface area contributed by atoms with Crippen molar-refractivity contribution in [2.75, 3.05) is 9.80 Å². The number of hydrogen-bond acceptors (Lipinski definition) is 2. The zero-order valence-corrected chi connectivity index (χ0v) is 38.4. The standard InChI is InChI=1S/C60H64N2/c1-10-42(5)45-23-25-47(26-24-45)48-29-34-53(35-30-48)61(50-18-14-12-15-19-50)58-55-37-31-49(41(3)4)39-57(55)59(54-36-22-44(38-56(54)58)40-60(7,8)9)62(51-20-16-13-17-21-51)52-32-27-46(28-33-52)43(6)11-2/h12-39,41-43H,10-11,40H2,1-9H3. The molecule has 0 aliphatic heterocycles. The number of anilines is 6. The summed E-state index contributed by atoms with van der Waals surface area (Å²) in [5, 5.41) is 4.91. The molecule has 314 valence electrons. The molecule has 0 N–H and O–H groups in total. The van der Waals surface area contributed by atoms with Crippen LogP contribution in [0.2, 0.25) is 0 Å². The van der Waals surface area contributed by atoms with Crippen LogP contribution in [0, 0.1) is 5.41 Å². The van der Waals surface area contributed by atoms with Gasteiger partial charge in [0.2, 0.25) is 0 Å². The molecule has 2 nitrogen and oxygen atoms in total. The zero-order chi connectivity index (χ0) is 43.5. The first-order valence-electron chi connectivity index (χ1n) is 23.0. The fourth-order valence-corrected chi connectivity index (χ4v) is 9.01. The van der Waals surface area contributed by atoms with Crippen molar-refractivity contribution in [3.8, 4) is 11.1 Å². The first-order chi connectivity index (χ1) is 29.9. The lowest BCUT2D eigenvalue weighted by molar-refractivity contribution is 0.411. The van der Waals surface area contributed by atoms with Crippen LogP contribution in [-0.2, 0) is 6.42 Å². The van der Waals surface area contributed by atoms with Gasteiger partial charge < -0.3 is 9.80 Å². The number of fused-ring (bicyclic) bond motifs is 2. The van der Waals surface area contributed by atoms with E-state index < -0.39 is 0 Å². The molecule has 0 aliphatic rings. The second-order valence-corrected chi connectivity index (χ2v) is 19.0. The number of nitrogens with zero attached hydrogens (tertiary/aromatic N) is 2. The van der Waals surface area contributed by atoms with Crippen molar-refractivity contribution in [3.05, 3.63) is 192 Å². The average Bonchev–Trinajstić information content (AvgIpc) is 3.29.